The van der Waals surface area contributed by atoms with E-state index in [4.69, 9.17) is 26.1 Å². The molecule has 148 valence electrons. The van der Waals surface area contributed by atoms with E-state index in [1.54, 1.807) is 43.1 Å². The van der Waals surface area contributed by atoms with Gasteiger partial charge in [0.1, 0.15) is 10.0 Å². The summed E-state index contributed by atoms with van der Waals surface area (Å²) in [5, 5.41) is 5.08. The molecule has 0 saturated heterocycles. The highest BCUT2D eigenvalue weighted by Crippen LogP contribution is 2.32. The molecule has 0 aliphatic carbocycles. The van der Waals surface area contributed by atoms with Crippen molar-refractivity contribution in [1.82, 2.24) is 19.1 Å². The number of benzene rings is 2. The van der Waals surface area contributed by atoms with Crippen LogP contribution >= 0.6 is 34.9 Å². The predicted molar refractivity (Wildman–Crippen MR) is 115 cm³/mol. The van der Waals surface area contributed by atoms with Gasteiger partial charge < -0.3 is 9.47 Å². The molecular weight excluding hydrogens is 432 g/mol. The van der Waals surface area contributed by atoms with Crippen molar-refractivity contribution in [2.45, 2.75) is 10.9 Å². The van der Waals surface area contributed by atoms with Crippen LogP contribution in [0.25, 0.3) is 16.6 Å². The number of nitrogens with zero attached hydrogens (tertiary/aromatic N) is 4. The minimum absolute atomic E-state index is 0.173. The van der Waals surface area contributed by atoms with Crippen LogP contribution in [0, 0.1) is 0 Å². The molecule has 0 amide bonds. The van der Waals surface area contributed by atoms with E-state index in [1.165, 1.54) is 11.8 Å². The summed E-state index contributed by atoms with van der Waals surface area (Å²) in [6.45, 7) is 0. The van der Waals surface area contributed by atoms with E-state index >= 15 is 0 Å². The molecule has 4 rings (SSSR count). The lowest BCUT2D eigenvalue weighted by Crippen LogP contribution is -2.21. The Morgan fingerprint density at radius 2 is 1.93 bits per heavy atom. The Balaban J connectivity index is 1.87. The van der Waals surface area contributed by atoms with E-state index in [2.05, 4.69) is 9.59 Å². The van der Waals surface area contributed by atoms with Gasteiger partial charge in [0.2, 0.25) is 0 Å². The maximum absolute atomic E-state index is 13.3. The number of hydrogen-bond acceptors (Lipinski definition) is 8. The summed E-state index contributed by atoms with van der Waals surface area (Å²) < 4.78 is 16.6. The lowest BCUT2D eigenvalue weighted by Gasteiger charge is -2.15. The van der Waals surface area contributed by atoms with E-state index in [0.717, 1.165) is 11.5 Å². The van der Waals surface area contributed by atoms with Gasteiger partial charge in [-0.15, -0.1) is 5.10 Å². The fourth-order valence-corrected chi connectivity index (χ4v) is 4.56. The number of halogens is 1. The Labute approximate surface area is 179 Å². The minimum atomic E-state index is -0.173. The Bertz CT molecular complexity index is 1240. The molecule has 0 aliphatic heterocycles. The number of rotatable bonds is 6. The minimum Gasteiger partial charge on any atom is -0.493 e. The molecule has 0 unspecified atom stereocenters. The summed E-state index contributed by atoms with van der Waals surface area (Å²) >= 11 is 8.62. The van der Waals surface area contributed by atoms with Crippen molar-refractivity contribution in [3.8, 4) is 17.2 Å². The van der Waals surface area contributed by atoms with Crippen molar-refractivity contribution in [3.63, 3.8) is 0 Å². The molecule has 2 aromatic heterocycles. The molecule has 0 radical (unpaired) electrons. The maximum Gasteiger partial charge on any atom is 0.266 e. The van der Waals surface area contributed by atoms with Crippen LogP contribution in [0.3, 0.4) is 0 Å². The van der Waals surface area contributed by atoms with Crippen LogP contribution in [0.1, 0.15) is 5.69 Å². The summed E-state index contributed by atoms with van der Waals surface area (Å²) in [6, 6.07) is 12.5. The number of ether oxygens (including phenoxy) is 2. The largest absolute Gasteiger partial charge is 0.493 e. The molecule has 0 saturated carbocycles. The van der Waals surface area contributed by atoms with Crippen molar-refractivity contribution >= 4 is 45.8 Å². The zero-order chi connectivity index (χ0) is 20.4. The van der Waals surface area contributed by atoms with E-state index in [-0.39, 0.29) is 5.56 Å². The van der Waals surface area contributed by atoms with Crippen LogP contribution in [0.2, 0.25) is 4.34 Å². The Kier molecular flexibility index (Phi) is 5.70. The zero-order valence-corrected chi connectivity index (χ0v) is 17.8. The highest BCUT2D eigenvalue weighted by molar-refractivity contribution is 7.98. The molecule has 0 N–H and O–H groups in total. The third kappa shape index (κ3) is 3.81. The first-order chi connectivity index (χ1) is 14.1. The van der Waals surface area contributed by atoms with Crippen LogP contribution in [-0.2, 0) is 5.75 Å². The second-order valence-electron chi connectivity index (χ2n) is 5.87. The van der Waals surface area contributed by atoms with Gasteiger partial charge in [-0.05, 0) is 24.3 Å². The molecule has 10 heteroatoms. The predicted octanol–water partition coefficient (Wildman–Crippen LogP) is 4.20. The number of methoxy groups -OCH3 is 2. The van der Waals surface area contributed by atoms with Gasteiger partial charge in [0.25, 0.3) is 5.56 Å². The van der Waals surface area contributed by atoms with Crippen LogP contribution < -0.4 is 15.0 Å². The first-order valence-electron chi connectivity index (χ1n) is 8.46. The summed E-state index contributed by atoms with van der Waals surface area (Å²) in [6.07, 6.45) is 0. The Morgan fingerprint density at radius 3 is 2.66 bits per heavy atom. The third-order valence-electron chi connectivity index (χ3n) is 4.22. The van der Waals surface area contributed by atoms with Gasteiger partial charge in [-0.2, -0.15) is 0 Å². The van der Waals surface area contributed by atoms with Crippen LogP contribution in [0.5, 0.6) is 11.5 Å². The number of aromatic nitrogens is 4. The molecule has 0 spiro atoms. The smallest absolute Gasteiger partial charge is 0.266 e. The van der Waals surface area contributed by atoms with Gasteiger partial charge in [0, 0.05) is 23.4 Å². The SMILES string of the molecule is COc1ccc(-n2c(SCc3nnsc3Cl)nc3ccccc3c2=O)cc1OC. The van der Waals surface area contributed by atoms with E-state index in [0.29, 0.717) is 49.0 Å². The lowest BCUT2D eigenvalue weighted by molar-refractivity contribution is 0.354. The molecule has 7 nitrogen and oxygen atoms in total. The van der Waals surface area contributed by atoms with Crippen LogP contribution in [0.4, 0.5) is 0 Å². The van der Waals surface area contributed by atoms with Crippen molar-refractivity contribution in [3.05, 3.63) is 62.8 Å². The Hall–Kier alpha value is -2.62. The molecule has 0 atom stereocenters. The van der Waals surface area contributed by atoms with Crippen molar-refractivity contribution in [2.75, 3.05) is 14.2 Å². The number of para-hydroxylation sites is 1. The average molecular weight is 447 g/mol. The highest BCUT2D eigenvalue weighted by atomic mass is 35.5. The Morgan fingerprint density at radius 1 is 1.14 bits per heavy atom. The monoisotopic (exact) mass is 446 g/mol. The van der Waals surface area contributed by atoms with Crippen LogP contribution in [0.15, 0.2) is 52.4 Å². The van der Waals surface area contributed by atoms with Gasteiger partial charge in [0.05, 0.1) is 30.8 Å². The number of hydrogen-bond donors (Lipinski definition) is 0. The highest BCUT2D eigenvalue weighted by Gasteiger charge is 2.16. The molecule has 0 fully saturated rings. The molecule has 4 aromatic rings. The third-order valence-corrected chi connectivity index (χ3v) is 6.15. The zero-order valence-electron chi connectivity index (χ0n) is 15.5. The first kappa shape index (κ1) is 19.7. The second-order valence-corrected chi connectivity index (χ2v) is 8.17. The summed E-state index contributed by atoms with van der Waals surface area (Å²) in [5.41, 5.74) is 1.73. The molecule has 0 bridgehead atoms. The standard InChI is InChI=1S/C19H15ClN4O3S2/c1-26-15-8-7-11(9-16(15)27-2)24-18(25)12-5-3-4-6-13(12)21-19(24)28-10-14-17(20)29-23-22-14/h3-9H,10H2,1-2H3. The van der Waals surface area contributed by atoms with Crippen molar-refractivity contribution < 1.29 is 9.47 Å². The topological polar surface area (TPSA) is 79.1 Å². The summed E-state index contributed by atoms with van der Waals surface area (Å²) in [5.74, 6) is 1.54. The number of fused-ring (bicyclic) bond motifs is 1. The van der Waals surface area contributed by atoms with E-state index in [1.807, 2.05) is 18.2 Å². The quantitative estimate of drug-likeness (QED) is 0.324. The van der Waals surface area contributed by atoms with Gasteiger partial charge in [0.15, 0.2) is 16.7 Å². The fraction of sp³-hybridized carbons (Fsp3) is 0.158. The molecule has 0 aliphatic rings. The molecular formula is C19H15ClN4O3S2. The first-order valence-corrected chi connectivity index (χ1v) is 10.6. The normalized spacial score (nSPS) is 11.0. The fourth-order valence-electron chi connectivity index (χ4n) is 2.82. The van der Waals surface area contributed by atoms with Gasteiger partial charge in [-0.3, -0.25) is 9.36 Å². The summed E-state index contributed by atoms with van der Waals surface area (Å²) in [7, 11) is 3.12. The van der Waals surface area contributed by atoms with E-state index < -0.39 is 0 Å². The molecule has 2 aromatic carbocycles. The second kappa shape index (κ2) is 8.40. The van der Waals surface area contributed by atoms with E-state index in [9.17, 15) is 4.79 Å². The molecule has 29 heavy (non-hydrogen) atoms. The van der Waals surface area contributed by atoms with Crippen molar-refractivity contribution in [1.29, 1.82) is 0 Å². The summed E-state index contributed by atoms with van der Waals surface area (Å²) in [4.78, 5) is 18.0. The molecule has 2 heterocycles. The number of thioether (sulfide) groups is 1. The lowest BCUT2D eigenvalue weighted by atomic mass is 10.2. The maximum atomic E-state index is 13.3. The van der Waals surface area contributed by atoms with Gasteiger partial charge in [-0.25, -0.2) is 4.98 Å². The van der Waals surface area contributed by atoms with Gasteiger partial charge >= 0.3 is 0 Å². The van der Waals surface area contributed by atoms with Gasteiger partial charge in [-0.1, -0.05) is 40.0 Å². The average Bonchev–Trinajstić information content (AvgIpc) is 3.16. The van der Waals surface area contributed by atoms with Crippen molar-refractivity contribution in [2.24, 2.45) is 0 Å². The van der Waals surface area contributed by atoms with Crippen LogP contribution in [-0.4, -0.2) is 33.4 Å².